The number of halogens is 1. The van der Waals surface area contributed by atoms with E-state index in [9.17, 15) is 9.18 Å². The number of anilines is 1. The molecule has 0 bridgehead atoms. The van der Waals surface area contributed by atoms with Crippen LogP contribution in [-0.2, 0) is 0 Å². The summed E-state index contributed by atoms with van der Waals surface area (Å²) < 4.78 is 12.7. The van der Waals surface area contributed by atoms with Crippen LogP contribution in [0.4, 0.5) is 14.9 Å². The molecular weight excluding hydrogens is 147 g/mol. The molecule has 0 aliphatic carbocycles. The number of nitrogens with one attached hydrogen (secondary N) is 1. The SMILES string of the molecule is NC(=O)Nc1ccccc1F. The lowest BCUT2D eigenvalue weighted by atomic mass is 10.3. The van der Waals surface area contributed by atoms with Crippen LogP contribution in [0.2, 0.25) is 0 Å². The minimum Gasteiger partial charge on any atom is -0.351 e. The van der Waals surface area contributed by atoms with Crippen molar-refractivity contribution in [2.24, 2.45) is 5.73 Å². The lowest BCUT2D eigenvalue weighted by Gasteiger charge is -2.00. The van der Waals surface area contributed by atoms with Gasteiger partial charge in [0.2, 0.25) is 0 Å². The van der Waals surface area contributed by atoms with E-state index in [2.05, 4.69) is 5.32 Å². The number of carbonyl (C=O) groups is 1. The van der Waals surface area contributed by atoms with E-state index in [-0.39, 0.29) is 5.69 Å². The second kappa shape index (κ2) is 3.01. The third kappa shape index (κ3) is 1.93. The fraction of sp³-hybridized carbons (Fsp3) is 0. The largest absolute Gasteiger partial charge is 0.351 e. The average Bonchev–Trinajstić information content (AvgIpc) is 1.93. The molecule has 0 saturated heterocycles. The van der Waals surface area contributed by atoms with E-state index in [4.69, 9.17) is 5.73 Å². The summed E-state index contributed by atoms with van der Waals surface area (Å²) in [4.78, 5) is 10.3. The highest BCUT2D eigenvalue weighted by atomic mass is 19.1. The van der Waals surface area contributed by atoms with Gasteiger partial charge in [0, 0.05) is 0 Å². The number of benzene rings is 1. The first-order valence-electron chi connectivity index (χ1n) is 3.01. The third-order valence-corrected chi connectivity index (χ3v) is 1.13. The lowest BCUT2D eigenvalue weighted by molar-refractivity contribution is 0.259. The fourth-order valence-electron chi connectivity index (χ4n) is 0.695. The fourth-order valence-corrected chi connectivity index (χ4v) is 0.695. The number of para-hydroxylation sites is 1. The Morgan fingerprint density at radius 1 is 1.45 bits per heavy atom. The van der Waals surface area contributed by atoms with E-state index >= 15 is 0 Å². The van der Waals surface area contributed by atoms with E-state index in [0.29, 0.717) is 0 Å². The van der Waals surface area contributed by atoms with Gasteiger partial charge in [0.1, 0.15) is 5.82 Å². The first-order chi connectivity index (χ1) is 5.20. The molecule has 58 valence electrons. The number of hydrogen-bond donors (Lipinski definition) is 2. The number of carbonyl (C=O) groups excluding carboxylic acids is 1. The summed E-state index contributed by atoms with van der Waals surface area (Å²) in [6.07, 6.45) is 0. The molecule has 1 rings (SSSR count). The molecule has 0 fully saturated rings. The van der Waals surface area contributed by atoms with Crippen molar-refractivity contribution in [2.45, 2.75) is 0 Å². The molecule has 0 radical (unpaired) electrons. The number of rotatable bonds is 1. The molecule has 0 aliphatic heterocycles. The van der Waals surface area contributed by atoms with Gasteiger partial charge < -0.3 is 11.1 Å². The van der Waals surface area contributed by atoms with Crippen molar-refractivity contribution in [3.8, 4) is 0 Å². The summed E-state index contributed by atoms with van der Waals surface area (Å²) in [5.41, 5.74) is 4.87. The molecule has 0 atom stereocenters. The van der Waals surface area contributed by atoms with Crippen molar-refractivity contribution in [3.63, 3.8) is 0 Å². The average molecular weight is 154 g/mol. The zero-order valence-electron chi connectivity index (χ0n) is 5.67. The Morgan fingerprint density at radius 2 is 2.09 bits per heavy atom. The summed E-state index contributed by atoms with van der Waals surface area (Å²) in [6, 6.07) is 5.04. The van der Waals surface area contributed by atoms with Gasteiger partial charge in [0.15, 0.2) is 0 Å². The molecule has 4 heteroatoms. The van der Waals surface area contributed by atoms with Crippen LogP contribution in [-0.4, -0.2) is 6.03 Å². The van der Waals surface area contributed by atoms with Gasteiger partial charge in [0.05, 0.1) is 5.69 Å². The normalized spacial score (nSPS) is 9.18. The highest BCUT2D eigenvalue weighted by Crippen LogP contribution is 2.11. The molecule has 2 amide bonds. The summed E-state index contributed by atoms with van der Waals surface area (Å²) in [5, 5.41) is 2.14. The summed E-state index contributed by atoms with van der Waals surface area (Å²) in [7, 11) is 0. The van der Waals surface area contributed by atoms with Crippen LogP contribution >= 0.6 is 0 Å². The monoisotopic (exact) mass is 154 g/mol. The van der Waals surface area contributed by atoms with Gasteiger partial charge in [-0.05, 0) is 12.1 Å². The van der Waals surface area contributed by atoms with Gasteiger partial charge in [-0.2, -0.15) is 0 Å². The topological polar surface area (TPSA) is 55.1 Å². The number of amides is 2. The van der Waals surface area contributed by atoms with Gasteiger partial charge in [-0.15, -0.1) is 0 Å². The third-order valence-electron chi connectivity index (χ3n) is 1.13. The van der Waals surface area contributed by atoms with Crippen molar-refractivity contribution in [1.82, 2.24) is 0 Å². The van der Waals surface area contributed by atoms with E-state index in [1.807, 2.05) is 0 Å². The molecule has 0 spiro atoms. The van der Waals surface area contributed by atoms with E-state index in [0.717, 1.165) is 0 Å². The Balaban J connectivity index is 2.86. The molecule has 1 aromatic carbocycles. The number of primary amides is 1. The maximum atomic E-state index is 12.7. The Bertz CT molecular complexity index is 275. The molecule has 0 saturated carbocycles. The van der Waals surface area contributed by atoms with Crippen molar-refractivity contribution in [3.05, 3.63) is 30.1 Å². The molecule has 0 heterocycles. The van der Waals surface area contributed by atoms with E-state index in [1.165, 1.54) is 18.2 Å². The van der Waals surface area contributed by atoms with Crippen LogP contribution in [0.3, 0.4) is 0 Å². The zero-order valence-corrected chi connectivity index (χ0v) is 5.67. The minimum absolute atomic E-state index is 0.0972. The molecule has 3 nitrogen and oxygen atoms in total. The second-order valence-electron chi connectivity index (χ2n) is 1.97. The highest BCUT2D eigenvalue weighted by Gasteiger charge is 2.00. The first-order valence-corrected chi connectivity index (χ1v) is 3.01. The second-order valence-corrected chi connectivity index (χ2v) is 1.97. The van der Waals surface area contributed by atoms with Crippen molar-refractivity contribution in [1.29, 1.82) is 0 Å². The van der Waals surface area contributed by atoms with Crippen molar-refractivity contribution in [2.75, 3.05) is 5.32 Å². The Morgan fingerprint density at radius 3 is 2.64 bits per heavy atom. The van der Waals surface area contributed by atoms with Gasteiger partial charge in [-0.3, -0.25) is 0 Å². The van der Waals surface area contributed by atoms with E-state index < -0.39 is 11.8 Å². The summed E-state index contributed by atoms with van der Waals surface area (Å²) in [6.45, 7) is 0. The number of nitrogens with two attached hydrogens (primary N) is 1. The molecule has 0 aromatic heterocycles. The Kier molecular flexibility index (Phi) is 2.06. The summed E-state index contributed by atoms with van der Waals surface area (Å²) >= 11 is 0. The molecule has 11 heavy (non-hydrogen) atoms. The number of urea groups is 1. The quantitative estimate of drug-likeness (QED) is 0.629. The zero-order chi connectivity index (χ0) is 8.27. The van der Waals surface area contributed by atoms with Crippen LogP contribution in [0.5, 0.6) is 0 Å². The smallest absolute Gasteiger partial charge is 0.316 e. The molecule has 1 aromatic rings. The highest BCUT2D eigenvalue weighted by molar-refractivity contribution is 5.87. The number of hydrogen-bond acceptors (Lipinski definition) is 1. The first kappa shape index (κ1) is 7.53. The maximum absolute atomic E-state index is 12.7. The van der Waals surface area contributed by atoms with Gasteiger partial charge in [-0.25, -0.2) is 9.18 Å². The Labute approximate surface area is 63.0 Å². The molecule has 0 unspecified atom stereocenters. The van der Waals surface area contributed by atoms with Crippen LogP contribution in [0.1, 0.15) is 0 Å². The standard InChI is InChI=1S/C7H7FN2O/c8-5-3-1-2-4-6(5)10-7(9)11/h1-4H,(H3,9,10,11). The van der Waals surface area contributed by atoms with E-state index in [1.54, 1.807) is 6.07 Å². The van der Waals surface area contributed by atoms with Gasteiger partial charge >= 0.3 is 6.03 Å². The van der Waals surface area contributed by atoms with Crippen LogP contribution < -0.4 is 11.1 Å². The summed E-state index contributed by atoms with van der Waals surface area (Å²) in [5.74, 6) is -0.494. The predicted molar refractivity (Wildman–Crippen MR) is 39.6 cm³/mol. The van der Waals surface area contributed by atoms with Crippen LogP contribution in [0.15, 0.2) is 24.3 Å². The van der Waals surface area contributed by atoms with Crippen molar-refractivity contribution < 1.29 is 9.18 Å². The minimum atomic E-state index is -0.768. The van der Waals surface area contributed by atoms with Gasteiger partial charge in [0.25, 0.3) is 0 Å². The van der Waals surface area contributed by atoms with Crippen LogP contribution in [0, 0.1) is 5.82 Å². The molecular formula is C7H7FN2O. The lowest BCUT2D eigenvalue weighted by Crippen LogP contribution is -2.19. The Hall–Kier alpha value is -1.58. The predicted octanol–water partition coefficient (Wildman–Crippen LogP) is 1.32. The van der Waals surface area contributed by atoms with Gasteiger partial charge in [-0.1, -0.05) is 12.1 Å². The molecule has 3 N–H and O–H groups in total. The van der Waals surface area contributed by atoms with Crippen molar-refractivity contribution >= 4 is 11.7 Å². The molecule has 0 aliphatic rings. The maximum Gasteiger partial charge on any atom is 0.316 e. The van der Waals surface area contributed by atoms with Crippen LogP contribution in [0.25, 0.3) is 0 Å².